The summed E-state index contributed by atoms with van der Waals surface area (Å²) in [7, 11) is -2.31. The summed E-state index contributed by atoms with van der Waals surface area (Å²) < 4.78 is 42.0. The van der Waals surface area contributed by atoms with Gasteiger partial charge in [-0.25, -0.2) is 13.2 Å². The second-order valence-electron chi connectivity index (χ2n) is 7.35. The average Bonchev–Trinajstić information content (AvgIpc) is 3.38. The summed E-state index contributed by atoms with van der Waals surface area (Å²) in [5.41, 5.74) is -0.823. The van der Waals surface area contributed by atoms with E-state index in [1.165, 1.54) is 35.7 Å². The van der Waals surface area contributed by atoms with E-state index in [0.29, 0.717) is 13.1 Å². The van der Waals surface area contributed by atoms with Crippen LogP contribution in [0.25, 0.3) is 0 Å². The zero-order valence-corrected chi connectivity index (χ0v) is 19.5. The molecular weight excluding hydrogens is 468 g/mol. The number of hydrogen-bond donors (Lipinski definition) is 0. The number of nitrogens with zero attached hydrogens (tertiary/aromatic N) is 2. The van der Waals surface area contributed by atoms with Gasteiger partial charge in [-0.2, -0.15) is 4.31 Å². The van der Waals surface area contributed by atoms with Gasteiger partial charge in [0.1, 0.15) is 5.56 Å². The number of carbonyl (C=O) groups is 2. The van der Waals surface area contributed by atoms with Crippen LogP contribution >= 0.6 is 0 Å². The van der Waals surface area contributed by atoms with Crippen molar-refractivity contribution in [2.45, 2.75) is 24.7 Å². The number of sulfonamides is 1. The summed E-state index contributed by atoms with van der Waals surface area (Å²) in [5.74, 6) is -1.50. The van der Waals surface area contributed by atoms with Gasteiger partial charge in [-0.3, -0.25) is 14.9 Å². The van der Waals surface area contributed by atoms with Gasteiger partial charge in [0.25, 0.3) is 5.69 Å². The summed E-state index contributed by atoms with van der Waals surface area (Å²) >= 11 is 0. The SMILES string of the molecule is CCOc1cc(C(=O)OCC(=O)c2ccc(S(=O)(=O)N3CCCC3)cc2)c([N+](=O)[O-])cc1OC. The Balaban J connectivity index is 1.73. The molecule has 1 aliphatic heterocycles. The van der Waals surface area contributed by atoms with E-state index in [9.17, 15) is 28.1 Å². The Labute approximate surface area is 196 Å². The van der Waals surface area contributed by atoms with E-state index in [1.54, 1.807) is 6.92 Å². The molecule has 0 radical (unpaired) electrons. The number of carbonyl (C=O) groups excluding carboxylic acids is 2. The first-order valence-corrected chi connectivity index (χ1v) is 11.9. The molecule has 0 aromatic heterocycles. The zero-order valence-electron chi connectivity index (χ0n) is 18.7. The minimum Gasteiger partial charge on any atom is -0.493 e. The van der Waals surface area contributed by atoms with Crippen LogP contribution in [0, 0.1) is 10.1 Å². The second kappa shape index (κ2) is 10.6. The predicted molar refractivity (Wildman–Crippen MR) is 120 cm³/mol. The van der Waals surface area contributed by atoms with Crippen molar-refractivity contribution in [3.8, 4) is 11.5 Å². The van der Waals surface area contributed by atoms with Crippen LogP contribution in [-0.2, 0) is 14.8 Å². The van der Waals surface area contributed by atoms with Gasteiger partial charge >= 0.3 is 5.97 Å². The molecule has 0 bridgehead atoms. The lowest BCUT2D eigenvalue weighted by Crippen LogP contribution is -2.27. The molecule has 0 spiro atoms. The zero-order chi connectivity index (χ0) is 24.9. The fourth-order valence-electron chi connectivity index (χ4n) is 3.47. The fraction of sp³-hybridized carbons (Fsp3) is 0.364. The van der Waals surface area contributed by atoms with Crippen LogP contribution in [0.1, 0.15) is 40.5 Å². The van der Waals surface area contributed by atoms with Crippen molar-refractivity contribution in [3.05, 3.63) is 57.6 Å². The molecule has 0 N–H and O–H groups in total. The normalized spacial score (nSPS) is 13.9. The Morgan fingerprint density at radius 2 is 1.74 bits per heavy atom. The predicted octanol–water partition coefficient (Wildman–Crippen LogP) is 2.83. The number of rotatable bonds is 10. The van der Waals surface area contributed by atoms with E-state index in [2.05, 4.69) is 0 Å². The molecule has 0 saturated carbocycles. The standard InChI is InChI=1S/C22H24N2O9S/c1-3-32-21-12-17(18(24(27)28)13-20(21)31-2)22(26)33-14-19(25)15-6-8-16(9-7-15)34(29,30)23-10-4-5-11-23/h6-9,12-13H,3-5,10-11,14H2,1-2H3. The van der Waals surface area contributed by atoms with Crippen molar-refractivity contribution in [1.82, 2.24) is 4.31 Å². The van der Waals surface area contributed by atoms with Gasteiger partial charge in [0.15, 0.2) is 23.9 Å². The number of ketones is 1. The van der Waals surface area contributed by atoms with Gasteiger partial charge in [0.2, 0.25) is 10.0 Å². The highest BCUT2D eigenvalue weighted by Gasteiger charge is 2.28. The van der Waals surface area contributed by atoms with E-state index < -0.39 is 44.6 Å². The molecule has 1 saturated heterocycles. The van der Waals surface area contributed by atoms with Crippen molar-refractivity contribution in [1.29, 1.82) is 0 Å². The maximum Gasteiger partial charge on any atom is 0.345 e. The third kappa shape index (κ3) is 5.34. The highest BCUT2D eigenvalue weighted by Crippen LogP contribution is 2.35. The van der Waals surface area contributed by atoms with E-state index in [1.807, 2.05) is 0 Å². The number of methoxy groups -OCH3 is 1. The van der Waals surface area contributed by atoms with E-state index in [-0.39, 0.29) is 28.6 Å². The van der Waals surface area contributed by atoms with Gasteiger partial charge < -0.3 is 14.2 Å². The molecule has 11 nitrogen and oxygen atoms in total. The summed E-state index contributed by atoms with van der Waals surface area (Å²) in [6.45, 7) is 2.15. The summed E-state index contributed by atoms with van der Waals surface area (Å²) in [6.07, 6.45) is 1.61. The largest absolute Gasteiger partial charge is 0.493 e. The van der Waals surface area contributed by atoms with Crippen molar-refractivity contribution < 1.29 is 37.1 Å². The molecule has 12 heteroatoms. The summed E-state index contributed by atoms with van der Waals surface area (Å²) in [6, 6.07) is 7.50. The lowest BCUT2D eigenvalue weighted by molar-refractivity contribution is -0.385. The Bertz CT molecular complexity index is 1190. The Kier molecular flexibility index (Phi) is 7.84. The number of benzene rings is 2. The average molecular weight is 493 g/mol. The maximum absolute atomic E-state index is 12.6. The number of nitro benzene ring substituents is 1. The van der Waals surface area contributed by atoms with Gasteiger partial charge in [-0.05, 0) is 44.0 Å². The van der Waals surface area contributed by atoms with Crippen molar-refractivity contribution in [2.24, 2.45) is 0 Å². The van der Waals surface area contributed by atoms with Crippen LogP contribution in [0.15, 0.2) is 41.3 Å². The van der Waals surface area contributed by atoms with Crippen LogP contribution in [0.4, 0.5) is 5.69 Å². The van der Waals surface area contributed by atoms with Gasteiger partial charge in [0.05, 0.1) is 29.6 Å². The number of hydrogen-bond acceptors (Lipinski definition) is 9. The van der Waals surface area contributed by atoms with Gasteiger partial charge in [-0.15, -0.1) is 0 Å². The van der Waals surface area contributed by atoms with Crippen molar-refractivity contribution >= 4 is 27.5 Å². The van der Waals surface area contributed by atoms with Crippen LogP contribution in [0.5, 0.6) is 11.5 Å². The smallest absolute Gasteiger partial charge is 0.345 e. The molecular formula is C22H24N2O9S. The fourth-order valence-corrected chi connectivity index (χ4v) is 4.99. The molecule has 2 aromatic carbocycles. The van der Waals surface area contributed by atoms with Crippen molar-refractivity contribution in [3.63, 3.8) is 0 Å². The highest BCUT2D eigenvalue weighted by atomic mass is 32.2. The van der Waals surface area contributed by atoms with Gasteiger partial charge in [-0.1, -0.05) is 0 Å². The molecule has 1 heterocycles. The summed E-state index contributed by atoms with van der Waals surface area (Å²) in [4.78, 5) is 35.7. The first kappa shape index (κ1) is 25.1. The Hall–Kier alpha value is -3.51. The third-order valence-corrected chi connectivity index (χ3v) is 7.12. The molecule has 2 aromatic rings. The second-order valence-corrected chi connectivity index (χ2v) is 9.28. The van der Waals surface area contributed by atoms with E-state index in [0.717, 1.165) is 25.0 Å². The maximum atomic E-state index is 12.6. The van der Waals surface area contributed by atoms with Crippen LogP contribution < -0.4 is 9.47 Å². The number of nitro groups is 1. The van der Waals surface area contributed by atoms with E-state index in [4.69, 9.17) is 14.2 Å². The van der Waals surface area contributed by atoms with Crippen LogP contribution in [0.3, 0.4) is 0 Å². The minimum atomic E-state index is -3.62. The molecule has 1 fully saturated rings. The molecule has 34 heavy (non-hydrogen) atoms. The molecule has 0 amide bonds. The number of ether oxygens (including phenoxy) is 3. The van der Waals surface area contributed by atoms with Crippen LogP contribution in [0.2, 0.25) is 0 Å². The minimum absolute atomic E-state index is 0.0697. The quantitative estimate of drug-likeness (QED) is 0.212. The first-order valence-electron chi connectivity index (χ1n) is 10.5. The lowest BCUT2D eigenvalue weighted by atomic mass is 10.1. The molecule has 182 valence electrons. The first-order chi connectivity index (χ1) is 16.2. The number of Topliss-reactive ketones (excluding diaryl/α,β-unsaturated/α-hetero) is 1. The molecule has 0 aliphatic carbocycles. The Morgan fingerprint density at radius 3 is 2.29 bits per heavy atom. The monoisotopic (exact) mass is 492 g/mol. The lowest BCUT2D eigenvalue weighted by Gasteiger charge is -2.15. The highest BCUT2D eigenvalue weighted by molar-refractivity contribution is 7.89. The Morgan fingerprint density at radius 1 is 1.09 bits per heavy atom. The van der Waals surface area contributed by atoms with Crippen molar-refractivity contribution in [2.75, 3.05) is 33.4 Å². The molecule has 1 aliphatic rings. The third-order valence-electron chi connectivity index (χ3n) is 5.21. The molecule has 0 atom stereocenters. The van der Waals surface area contributed by atoms with E-state index >= 15 is 0 Å². The topological polar surface area (TPSA) is 142 Å². The van der Waals surface area contributed by atoms with Crippen LogP contribution in [-0.4, -0.2) is 62.8 Å². The summed E-state index contributed by atoms with van der Waals surface area (Å²) in [5, 5.41) is 11.4. The van der Waals surface area contributed by atoms with Gasteiger partial charge in [0, 0.05) is 24.7 Å². The molecule has 0 unspecified atom stereocenters. The number of esters is 1. The molecule has 3 rings (SSSR count).